The van der Waals surface area contributed by atoms with E-state index in [9.17, 15) is 4.79 Å². The van der Waals surface area contributed by atoms with Crippen LogP contribution in [0.2, 0.25) is 18.1 Å². The first-order chi connectivity index (χ1) is 10.8. The Balaban J connectivity index is 2.81. The summed E-state index contributed by atoms with van der Waals surface area (Å²) < 4.78 is 12.0. The quantitative estimate of drug-likeness (QED) is 0.772. The minimum atomic E-state index is -1.83. The third-order valence-corrected chi connectivity index (χ3v) is 9.70. The van der Waals surface area contributed by atoms with Crippen LogP contribution in [0.3, 0.4) is 0 Å². The number of carbonyl (C=O) groups is 1. The fraction of sp³-hybridized carbons (Fsp3) is 0.944. The largest absolute Gasteiger partial charge is 0.444 e. The predicted octanol–water partition coefficient (Wildman–Crippen LogP) is 4.00. The molecule has 1 saturated heterocycles. The topological polar surface area (TPSA) is 50.8 Å². The highest BCUT2D eigenvalue weighted by atomic mass is 28.4. The van der Waals surface area contributed by atoms with Crippen LogP contribution in [0.15, 0.2) is 0 Å². The van der Waals surface area contributed by atoms with E-state index in [2.05, 4.69) is 39.2 Å². The lowest BCUT2D eigenvalue weighted by Gasteiger charge is -2.43. The minimum absolute atomic E-state index is 0.0696. The molecule has 0 radical (unpaired) electrons. The monoisotopic (exact) mass is 358 g/mol. The minimum Gasteiger partial charge on any atom is -0.444 e. The molecule has 0 bridgehead atoms. The van der Waals surface area contributed by atoms with Gasteiger partial charge in [0.1, 0.15) is 5.60 Å². The molecule has 1 fully saturated rings. The molecule has 0 saturated carbocycles. The summed E-state index contributed by atoms with van der Waals surface area (Å²) in [7, 11) is 0.154. The van der Waals surface area contributed by atoms with Gasteiger partial charge in [-0.25, -0.2) is 4.79 Å². The number of amides is 1. The molecule has 1 aliphatic rings. The highest BCUT2D eigenvalue weighted by Gasteiger charge is 2.40. The molecule has 2 atom stereocenters. The van der Waals surface area contributed by atoms with Crippen molar-refractivity contribution in [3.8, 4) is 0 Å². The third-order valence-electron chi connectivity index (χ3n) is 5.19. The van der Waals surface area contributed by atoms with Crippen LogP contribution < -0.4 is 5.32 Å². The van der Waals surface area contributed by atoms with Crippen molar-refractivity contribution in [2.45, 2.75) is 90.2 Å². The SMILES string of the molecule is CN[C@H]1CCN(C(=O)OC(C)(C)C)[C@@H](CO[Si](C)(C)C(C)(C)C)C1. The number of likely N-dealkylation sites (tertiary alicyclic amines) is 1. The number of carbonyl (C=O) groups excluding carboxylic acids is 1. The Morgan fingerprint density at radius 2 is 1.79 bits per heavy atom. The predicted molar refractivity (Wildman–Crippen MR) is 102 cm³/mol. The number of ether oxygens (including phenoxy) is 1. The summed E-state index contributed by atoms with van der Waals surface area (Å²) in [5, 5.41) is 3.51. The van der Waals surface area contributed by atoms with Gasteiger partial charge in [-0.05, 0) is 58.8 Å². The lowest BCUT2D eigenvalue weighted by Crippen LogP contribution is -2.55. The lowest BCUT2D eigenvalue weighted by atomic mass is 9.98. The molecule has 0 aromatic carbocycles. The number of hydrogen-bond donors (Lipinski definition) is 1. The summed E-state index contributed by atoms with van der Waals surface area (Å²) in [6, 6.07) is 0.497. The second-order valence-corrected chi connectivity index (χ2v) is 14.2. The molecule has 24 heavy (non-hydrogen) atoms. The van der Waals surface area contributed by atoms with Gasteiger partial charge in [0, 0.05) is 12.6 Å². The highest BCUT2D eigenvalue weighted by molar-refractivity contribution is 6.74. The molecule has 0 aromatic rings. The fourth-order valence-corrected chi connectivity index (χ4v) is 3.60. The fourth-order valence-electron chi connectivity index (χ4n) is 2.55. The zero-order valence-electron chi connectivity index (χ0n) is 17.2. The van der Waals surface area contributed by atoms with E-state index in [-0.39, 0.29) is 17.2 Å². The maximum Gasteiger partial charge on any atom is 0.410 e. The van der Waals surface area contributed by atoms with Crippen molar-refractivity contribution in [3.63, 3.8) is 0 Å². The van der Waals surface area contributed by atoms with E-state index < -0.39 is 13.9 Å². The molecule has 1 amide bonds. The number of hydrogen-bond acceptors (Lipinski definition) is 4. The summed E-state index contributed by atoms with van der Waals surface area (Å²) in [5.41, 5.74) is -0.470. The van der Waals surface area contributed by atoms with Gasteiger partial charge in [0.05, 0.1) is 12.6 Å². The van der Waals surface area contributed by atoms with E-state index >= 15 is 0 Å². The summed E-state index contributed by atoms with van der Waals surface area (Å²) in [4.78, 5) is 14.4. The first kappa shape index (κ1) is 21.4. The van der Waals surface area contributed by atoms with Gasteiger partial charge >= 0.3 is 6.09 Å². The Labute approximate surface area is 149 Å². The molecule has 0 aliphatic carbocycles. The van der Waals surface area contributed by atoms with E-state index in [0.717, 1.165) is 12.8 Å². The van der Waals surface area contributed by atoms with Crippen LogP contribution in [0.5, 0.6) is 0 Å². The number of rotatable bonds is 4. The van der Waals surface area contributed by atoms with Gasteiger partial charge in [0.2, 0.25) is 0 Å². The Morgan fingerprint density at radius 1 is 1.21 bits per heavy atom. The zero-order valence-corrected chi connectivity index (χ0v) is 18.2. The number of nitrogens with zero attached hydrogens (tertiary/aromatic N) is 1. The Hall–Kier alpha value is -0.593. The second kappa shape index (κ2) is 7.75. The molecule has 6 heteroatoms. The third kappa shape index (κ3) is 6.04. The molecule has 142 valence electrons. The van der Waals surface area contributed by atoms with Gasteiger partial charge in [-0.3, -0.25) is 0 Å². The van der Waals surface area contributed by atoms with Gasteiger partial charge in [0.25, 0.3) is 0 Å². The highest BCUT2D eigenvalue weighted by Crippen LogP contribution is 2.37. The van der Waals surface area contributed by atoms with Crippen molar-refractivity contribution in [2.24, 2.45) is 0 Å². The van der Waals surface area contributed by atoms with Gasteiger partial charge in [-0.15, -0.1) is 0 Å². The van der Waals surface area contributed by atoms with Gasteiger partial charge in [-0.2, -0.15) is 0 Å². The van der Waals surface area contributed by atoms with E-state index in [1.807, 2.05) is 32.7 Å². The molecular weight excluding hydrogens is 320 g/mol. The summed E-state index contributed by atoms with van der Waals surface area (Å²) in [6.45, 7) is 18.3. The smallest absolute Gasteiger partial charge is 0.410 e. The van der Waals surface area contributed by atoms with Gasteiger partial charge < -0.3 is 19.4 Å². The first-order valence-electron chi connectivity index (χ1n) is 9.07. The first-order valence-corrected chi connectivity index (χ1v) is 12.0. The Morgan fingerprint density at radius 3 is 2.25 bits per heavy atom. The molecule has 0 unspecified atom stereocenters. The second-order valence-electron chi connectivity index (χ2n) is 9.41. The van der Waals surface area contributed by atoms with E-state index in [1.54, 1.807) is 0 Å². The van der Waals surface area contributed by atoms with Crippen LogP contribution in [0.1, 0.15) is 54.4 Å². The maximum absolute atomic E-state index is 12.6. The molecular formula is C18H38N2O3Si. The van der Waals surface area contributed by atoms with Crippen LogP contribution in [-0.4, -0.2) is 57.2 Å². The average molecular weight is 359 g/mol. The van der Waals surface area contributed by atoms with Crippen LogP contribution in [0.4, 0.5) is 4.79 Å². The maximum atomic E-state index is 12.6. The summed E-state index contributed by atoms with van der Waals surface area (Å²) >= 11 is 0. The van der Waals surface area contributed by atoms with Crippen molar-refractivity contribution in [1.29, 1.82) is 0 Å². The van der Waals surface area contributed by atoms with Crippen molar-refractivity contribution in [3.05, 3.63) is 0 Å². The summed E-state index contributed by atoms with van der Waals surface area (Å²) in [5.74, 6) is 0. The van der Waals surface area contributed by atoms with Crippen molar-refractivity contribution in [2.75, 3.05) is 20.2 Å². The van der Waals surface area contributed by atoms with E-state index in [0.29, 0.717) is 19.2 Å². The van der Waals surface area contributed by atoms with Crippen LogP contribution in [0, 0.1) is 0 Å². The molecule has 0 aromatic heterocycles. The van der Waals surface area contributed by atoms with Gasteiger partial charge in [0.15, 0.2) is 8.32 Å². The molecule has 1 heterocycles. The van der Waals surface area contributed by atoms with E-state index in [1.165, 1.54) is 0 Å². The standard InChI is InChI=1S/C18H38N2O3Si/c1-17(2,3)23-16(21)20-11-10-14(19-7)12-15(20)13-22-24(8,9)18(4,5)6/h14-15,19H,10-13H2,1-9H3/t14-,15+/m0/s1. The Kier molecular flexibility index (Phi) is 6.92. The van der Waals surface area contributed by atoms with Crippen molar-refractivity contribution >= 4 is 14.4 Å². The molecule has 1 aliphatic heterocycles. The molecule has 5 nitrogen and oxygen atoms in total. The Bertz CT molecular complexity index is 427. The van der Waals surface area contributed by atoms with Crippen LogP contribution in [-0.2, 0) is 9.16 Å². The number of piperidine rings is 1. The normalized spacial score (nSPS) is 23.3. The lowest BCUT2D eigenvalue weighted by molar-refractivity contribution is -0.000386. The van der Waals surface area contributed by atoms with Crippen LogP contribution >= 0.6 is 0 Å². The van der Waals surface area contributed by atoms with Crippen molar-refractivity contribution in [1.82, 2.24) is 10.2 Å². The molecule has 1 rings (SSSR count). The zero-order chi connectivity index (χ0) is 18.8. The number of nitrogens with one attached hydrogen (secondary N) is 1. The molecule has 1 N–H and O–H groups in total. The van der Waals surface area contributed by atoms with Crippen LogP contribution in [0.25, 0.3) is 0 Å². The van der Waals surface area contributed by atoms with Crippen molar-refractivity contribution < 1.29 is 14.0 Å². The van der Waals surface area contributed by atoms with E-state index in [4.69, 9.17) is 9.16 Å². The summed E-state index contributed by atoms with van der Waals surface area (Å²) in [6.07, 6.45) is 1.64. The average Bonchev–Trinajstić information content (AvgIpc) is 2.41. The van der Waals surface area contributed by atoms with Gasteiger partial charge in [-0.1, -0.05) is 20.8 Å². The molecule has 0 spiro atoms.